The molecule has 4 aliphatic rings. The van der Waals surface area contributed by atoms with Gasteiger partial charge in [0.15, 0.2) is 6.10 Å². The average Bonchev–Trinajstić information content (AvgIpc) is 3.20. The van der Waals surface area contributed by atoms with Crippen LogP contribution in [-0.4, -0.2) is 58.3 Å². The summed E-state index contributed by atoms with van der Waals surface area (Å²) in [4.78, 5) is 39.4. The predicted octanol–water partition coefficient (Wildman–Crippen LogP) is 1.92. The number of benzene rings is 1. The highest BCUT2D eigenvalue weighted by molar-refractivity contribution is 6.30. The van der Waals surface area contributed by atoms with E-state index in [-0.39, 0.29) is 35.8 Å². The number of nitriles is 1. The number of aliphatic hydroxyl groups excluding tert-OH is 1. The third-order valence-electron chi connectivity index (χ3n) is 7.01. The second-order valence-corrected chi connectivity index (χ2v) is 9.59. The van der Waals surface area contributed by atoms with Gasteiger partial charge in [-0.1, -0.05) is 23.7 Å². The fraction of sp³-hybridized carbons (Fsp3) is 0.565. The Kier molecular flexibility index (Phi) is 6.78. The van der Waals surface area contributed by atoms with Crippen molar-refractivity contribution in [1.29, 1.82) is 5.26 Å². The molecule has 182 valence electrons. The van der Waals surface area contributed by atoms with Crippen molar-refractivity contribution in [2.75, 3.05) is 6.54 Å². The molecular weight excluding hydrogens is 470 g/mol. The van der Waals surface area contributed by atoms with Gasteiger partial charge in [-0.25, -0.2) is 8.78 Å². The lowest BCUT2D eigenvalue weighted by atomic mass is 9.71. The average molecular weight is 495 g/mol. The molecule has 1 aromatic carbocycles. The maximum absolute atomic E-state index is 14.8. The summed E-state index contributed by atoms with van der Waals surface area (Å²) in [6, 6.07) is 4.35. The third-order valence-corrected chi connectivity index (χ3v) is 7.25. The van der Waals surface area contributed by atoms with Crippen LogP contribution in [-0.2, 0) is 14.4 Å². The van der Waals surface area contributed by atoms with Crippen LogP contribution in [0.2, 0.25) is 5.02 Å². The lowest BCUT2D eigenvalue weighted by Gasteiger charge is -2.54. The first-order chi connectivity index (χ1) is 16.1. The molecule has 3 saturated heterocycles. The van der Waals surface area contributed by atoms with Crippen LogP contribution in [0.5, 0.6) is 0 Å². The quantitative estimate of drug-likeness (QED) is 0.557. The molecular formula is C23H25ClF2N4O4. The maximum atomic E-state index is 14.8. The van der Waals surface area contributed by atoms with Gasteiger partial charge in [-0.3, -0.25) is 14.4 Å². The van der Waals surface area contributed by atoms with Crippen molar-refractivity contribution < 1.29 is 28.3 Å². The second-order valence-electron chi connectivity index (χ2n) is 9.15. The lowest BCUT2D eigenvalue weighted by molar-refractivity contribution is -0.198. The molecule has 1 aliphatic carbocycles. The molecule has 3 amide bonds. The van der Waals surface area contributed by atoms with Crippen LogP contribution in [0.1, 0.15) is 43.8 Å². The Hall–Kier alpha value is -2.77. The number of hydrogen-bond donors (Lipinski definition) is 3. The number of nitrogens with zero attached hydrogens (tertiary/aromatic N) is 2. The Balaban J connectivity index is 1.58. The monoisotopic (exact) mass is 494 g/mol. The molecule has 8 nitrogen and oxygen atoms in total. The highest BCUT2D eigenvalue weighted by atomic mass is 35.5. The largest absolute Gasteiger partial charge is 0.378 e. The fourth-order valence-electron chi connectivity index (χ4n) is 5.34. The minimum Gasteiger partial charge on any atom is -0.378 e. The molecule has 4 fully saturated rings. The molecule has 0 spiro atoms. The van der Waals surface area contributed by atoms with Gasteiger partial charge >= 0.3 is 0 Å². The van der Waals surface area contributed by atoms with Crippen LogP contribution in [0.15, 0.2) is 24.3 Å². The van der Waals surface area contributed by atoms with E-state index in [4.69, 9.17) is 11.6 Å². The van der Waals surface area contributed by atoms with Gasteiger partial charge in [-0.2, -0.15) is 5.26 Å². The summed E-state index contributed by atoms with van der Waals surface area (Å²) in [5, 5.41) is 25.6. The Morgan fingerprint density at radius 1 is 1.35 bits per heavy atom. The number of hydrogen-bond acceptors (Lipinski definition) is 5. The van der Waals surface area contributed by atoms with Crippen molar-refractivity contribution in [1.82, 2.24) is 15.5 Å². The number of aliphatic hydroxyl groups is 1. The number of alkyl halides is 2. The zero-order valence-corrected chi connectivity index (χ0v) is 19.0. The highest BCUT2D eigenvalue weighted by Gasteiger charge is 2.61. The number of nitrogens with one attached hydrogen (secondary N) is 2. The number of fused-ring (bicyclic) bond motifs is 3. The first kappa shape index (κ1) is 24.4. The maximum Gasteiger partial charge on any atom is 0.256 e. The van der Waals surface area contributed by atoms with E-state index >= 15 is 0 Å². The van der Waals surface area contributed by atoms with Crippen LogP contribution in [0, 0.1) is 23.2 Å². The minimum atomic E-state index is -3.17. The van der Waals surface area contributed by atoms with Crippen LogP contribution in [0.3, 0.4) is 0 Å². The minimum absolute atomic E-state index is 0.0368. The molecule has 34 heavy (non-hydrogen) atoms. The van der Waals surface area contributed by atoms with E-state index in [1.807, 2.05) is 6.07 Å². The van der Waals surface area contributed by atoms with Gasteiger partial charge in [0, 0.05) is 29.9 Å². The summed E-state index contributed by atoms with van der Waals surface area (Å²) in [5.74, 6) is -7.05. The van der Waals surface area contributed by atoms with Crippen molar-refractivity contribution in [2.24, 2.45) is 11.8 Å². The molecule has 1 aromatic rings. The Labute approximate surface area is 200 Å². The lowest BCUT2D eigenvalue weighted by Crippen LogP contribution is -2.69. The summed E-state index contributed by atoms with van der Waals surface area (Å²) in [7, 11) is 0. The van der Waals surface area contributed by atoms with Crippen molar-refractivity contribution in [3.63, 3.8) is 0 Å². The van der Waals surface area contributed by atoms with Crippen LogP contribution in [0.25, 0.3) is 0 Å². The van der Waals surface area contributed by atoms with E-state index < -0.39 is 60.2 Å². The topological polar surface area (TPSA) is 123 Å². The number of piperidine rings is 2. The van der Waals surface area contributed by atoms with E-state index in [9.17, 15) is 33.5 Å². The van der Waals surface area contributed by atoms with Gasteiger partial charge in [-0.05, 0) is 43.4 Å². The molecule has 6 atom stereocenters. The summed E-state index contributed by atoms with van der Waals surface area (Å²) < 4.78 is 29.6. The standard InChI is InChI=1S/C23H25ClF2N4O4/c24-14-3-1-2-12(8-14)19(31)22(34)30-16-4-5-17(23(25,26)10-16)18(30)21(33)29-15(11-27)9-13-6-7-28-20(13)32/h1-3,8,13,15-19,31H,4-7,9-10H2,(H,28,32)(H,29,33)/t13-,15-,16+,17+,18-,19+/m1/s1. The van der Waals surface area contributed by atoms with Gasteiger partial charge < -0.3 is 20.6 Å². The summed E-state index contributed by atoms with van der Waals surface area (Å²) >= 11 is 5.95. The molecule has 2 bridgehead atoms. The molecule has 1 saturated carbocycles. The third kappa shape index (κ3) is 4.59. The van der Waals surface area contributed by atoms with Crippen LogP contribution < -0.4 is 10.6 Å². The Morgan fingerprint density at radius 3 is 2.74 bits per heavy atom. The first-order valence-electron chi connectivity index (χ1n) is 11.2. The SMILES string of the molecule is N#C[C@@H](C[C@H]1CCNC1=O)NC(=O)[C@H]1[C@@H]2CC[C@@H](CC2(F)F)N1C(=O)[C@@H](O)c1cccc(Cl)c1. The zero-order chi connectivity index (χ0) is 24.6. The number of carbonyl (C=O) groups excluding carboxylic acids is 3. The van der Waals surface area contributed by atoms with Crippen molar-refractivity contribution in [3.05, 3.63) is 34.9 Å². The second kappa shape index (κ2) is 9.47. The molecule has 0 radical (unpaired) electrons. The van der Waals surface area contributed by atoms with Gasteiger partial charge in [0.25, 0.3) is 11.8 Å². The van der Waals surface area contributed by atoms with E-state index in [0.29, 0.717) is 13.0 Å². The van der Waals surface area contributed by atoms with Crippen molar-refractivity contribution in [2.45, 2.75) is 62.3 Å². The number of rotatable bonds is 6. The van der Waals surface area contributed by atoms with E-state index in [0.717, 1.165) is 4.90 Å². The molecule has 3 heterocycles. The molecule has 0 unspecified atom stereocenters. The summed E-state index contributed by atoms with van der Waals surface area (Å²) in [5.41, 5.74) is 0.187. The Morgan fingerprint density at radius 2 is 2.12 bits per heavy atom. The molecule has 0 aromatic heterocycles. The van der Waals surface area contributed by atoms with E-state index in [1.165, 1.54) is 12.1 Å². The molecule has 3 aliphatic heterocycles. The van der Waals surface area contributed by atoms with Gasteiger partial charge in [0.1, 0.15) is 12.1 Å². The first-order valence-corrected chi connectivity index (χ1v) is 11.6. The normalized spacial score (nSPS) is 29.1. The zero-order valence-electron chi connectivity index (χ0n) is 18.2. The molecule has 3 N–H and O–H groups in total. The van der Waals surface area contributed by atoms with Crippen molar-refractivity contribution in [3.8, 4) is 6.07 Å². The highest BCUT2D eigenvalue weighted by Crippen LogP contribution is 2.49. The molecule has 5 rings (SSSR count). The van der Waals surface area contributed by atoms with Gasteiger partial charge in [0.05, 0.1) is 12.0 Å². The van der Waals surface area contributed by atoms with Crippen molar-refractivity contribution >= 4 is 29.3 Å². The smallest absolute Gasteiger partial charge is 0.256 e. The summed E-state index contributed by atoms with van der Waals surface area (Å²) in [6.07, 6.45) is -1.41. The summed E-state index contributed by atoms with van der Waals surface area (Å²) in [6.45, 7) is 0.470. The van der Waals surface area contributed by atoms with Gasteiger partial charge in [0.2, 0.25) is 11.8 Å². The number of carbonyl (C=O) groups is 3. The Bertz CT molecular complexity index is 1030. The van der Waals surface area contributed by atoms with E-state index in [1.54, 1.807) is 12.1 Å². The predicted molar refractivity (Wildman–Crippen MR) is 116 cm³/mol. The van der Waals surface area contributed by atoms with Crippen LogP contribution >= 0.6 is 11.6 Å². The van der Waals surface area contributed by atoms with E-state index in [2.05, 4.69) is 10.6 Å². The van der Waals surface area contributed by atoms with Gasteiger partial charge in [-0.15, -0.1) is 0 Å². The van der Waals surface area contributed by atoms with Crippen LogP contribution in [0.4, 0.5) is 8.78 Å². The number of halogens is 3. The number of amides is 3. The molecule has 11 heteroatoms. The fourth-order valence-corrected chi connectivity index (χ4v) is 5.54.